The van der Waals surface area contributed by atoms with Gasteiger partial charge < -0.3 is 15.8 Å². The first kappa shape index (κ1) is 22.8. The van der Waals surface area contributed by atoms with Crippen molar-refractivity contribution in [3.05, 3.63) is 97.0 Å². The number of carbonyl (C=O) groups excluding carboxylic acids is 1. The number of rotatable bonds is 6. The van der Waals surface area contributed by atoms with Crippen molar-refractivity contribution in [3.63, 3.8) is 0 Å². The number of halogens is 1. The highest BCUT2D eigenvalue weighted by atomic mass is 19.1. The molecule has 5 aromatic rings. The number of anilines is 2. The van der Waals surface area contributed by atoms with E-state index in [9.17, 15) is 9.18 Å². The number of nitrogens with one attached hydrogen (secondary N) is 2. The number of amides is 1. The zero-order valence-corrected chi connectivity index (χ0v) is 19.4. The molecule has 5 rings (SSSR count). The lowest BCUT2D eigenvalue weighted by molar-refractivity contribution is -0.114. The standard InChI is InChI=1S/C28H22FN5O2/c1-16-4-3-5-24(31-16)36-21-12-8-19(9-13-21)25-22(14-15-23-26(25)27(30)34-33-23)18-6-10-20(11-7-18)32-28(35)17(2)29/h3-15H,2H2,1H3,(H,32,35)(H3,30,33,34). The fourth-order valence-corrected chi connectivity index (χ4v) is 4.00. The first-order valence-corrected chi connectivity index (χ1v) is 11.1. The number of carbonyl (C=O) groups is 1. The van der Waals surface area contributed by atoms with E-state index < -0.39 is 11.7 Å². The van der Waals surface area contributed by atoms with Crippen molar-refractivity contribution in [1.29, 1.82) is 0 Å². The Balaban J connectivity index is 1.53. The monoisotopic (exact) mass is 479 g/mol. The Kier molecular flexibility index (Phi) is 5.92. The molecular weight excluding hydrogens is 457 g/mol. The summed E-state index contributed by atoms with van der Waals surface area (Å²) in [5.74, 6) is -0.364. The maximum absolute atomic E-state index is 13.0. The maximum atomic E-state index is 13.0. The molecule has 0 fully saturated rings. The second-order valence-electron chi connectivity index (χ2n) is 8.20. The second kappa shape index (κ2) is 9.34. The Morgan fingerprint density at radius 1 is 1.00 bits per heavy atom. The largest absolute Gasteiger partial charge is 0.439 e. The highest BCUT2D eigenvalue weighted by Crippen LogP contribution is 2.40. The minimum Gasteiger partial charge on any atom is -0.439 e. The number of nitrogen functional groups attached to an aromatic ring is 1. The summed E-state index contributed by atoms with van der Waals surface area (Å²) in [6.07, 6.45) is 0. The molecule has 0 atom stereocenters. The van der Waals surface area contributed by atoms with Gasteiger partial charge in [0, 0.05) is 23.0 Å². The van der Waals surface area contributed by atoms with Crippen molar-refractivity contribution in [1.82, 2.24) is 15.2 Å². The Bertz CT molecular complexity index is 1590. The molecule has 8 heteroatoms. The van der Waals surface area contributed by atoms with Crippen LogP contribution < -0.4 is 15.8 Å². The quantitative estimate of drug-likeness (QED) is 0.245. The van der Waals surface area contributed by atoms with Gasteiger partial charge in [-0.1, -0.05) is 43.0 Å². The molecule has 7 nitrogen and oxygen atoms in total. The summed E-state index contributed by atoms with van der Waals surface area (Å²) in [5, 5.41) is 10.4. The van der Waals surface area contributed by atoms with Crippen LogP contribution in [-0.2, 0) is 4.79 Å². The van der Waals surface area contributed by atoms with Gasteiger partial charge in [0.2, 0.25) is 5.88 Å². The molecule has 0 saturated carbocycles. The summed E-state index contributed by atoms with van der Waals surface area (Å²) in [6, 6.07) is 24.3. The molecule has 0 saturated heterocycles. The number of benzene rings is 3. The number of nitrogens with zero attached hydrogens (tertiary/aromatic N) is 2. The van der Waals surface area contributed by atoms with E-state index in [1.807, 2.05) is 67.6 Å². The molecule has 0 bridgehead atoms. The number of H-pyrrole nitrogens is 1. The van der Waals surface area contributed by atoms with Gasteiger partial charge in [0.1, 0.15) is 5.75 Å². The predicted molar refractivity (Wildman–Crippen MR) is 139 cm³/mol. The summed E-state index contributed by atoms with van der Waals surface area (Å²) in [4.78, 5) is 16.0. The minimum atomic E-state index is -1.05. The van der Waals surface area contributed by atoms with Gasteiger partial charge >= 0.3 is 0 Å². The number of ether oxygens (including phenoxy) is 1. The third-order valence-electron chi connectivity index (χ3n) is 5.69. The van der Waals surface area contributed by atoms with Gasteiger partial charge in [-0.15, -0.1) is 0 Å². The number of aromatic nitrogens is 3. The highest BCUT2D eigenvalue weighted by molar-refractivity contribution is 6.08. The first-order chi connectivity index (χ1) is 17.4. The summed E-state index contributed by atoms with van der Waals surface area (Å²) in [5.41, 5.74) is 12.0. The third kappa shape index (κ3) is 4.52. The van der Waals surface area contributed by atoms with Gasteiger partial charge in [-0.2, -0.15) is 5.10 Å². The lowest BCUT2D eigenvalue weighted by atomic mass is 9.91. The van der Waals surface area contributed by atoms with Crippen LogP contribution in [0.1, 0.15) is 5.69 Å². The van der Waals surface area contributed by atoms with Crippen LogP contribution in [0.5, 0.6) is 11.6 Å². The van der Waals surface area contributed by atoms with E-state index in [4.69, 9.17) is 10.5 Å². The number of hydrogen-bond donors (Lipinski definition) is 3. The van der Waals surface area contributed by atoms with E-state index >= 15 is 0 Å². The van der Waals surface area contributed by atoms with Crippen LogP contribution in [0.2, 0.25) is 0 Å². The molecule has 4 N–H and O–H groups in total. The molecule has 1 amide bonds. The van der Waals surface area contributed by atoms with Crippen molar-refractivity contribution in [3.8, 4) is 33.9 Å². The Hall–Kier alpha value is -4.98. The number of hydrogen-bond acceptors (Lipinski definition) is 5. The molecule has 0 unspecified atom stereocenters. The maximum Gasteiger partial charge on any atom is 0.283 e. The second-order valence-corrected chi connectivity index (χ2v) is 8.20. The normalized spacial score (nSPS) is 10.8. The fourth-order valence-electron chi connectivity index (χ4n) is 4.00. The molecule has 0 aliphatic carbocycles. The van der Waals surface area contributed by atoms with Crippen molar-refractivity contribution in [2.75, 3.05) is 11.1 Å². The van der Waals surface area contributed by atoms with E-state index in [1.165, 1.54) is 0 Å². The molecule has 0 aliphatic rings. The van der Waals surface area contributed by atoms with E-state index in [0.717, 1.165) is 38.9 Å². The molecule has 2 heterocycles. The number of fused-ring (bicyclic) bond motifs is 1. The smallest absolute Gasteiger partial charge is 0.283 e. The van der Waals surface area contributed by atoms with Crippen LogP contribution in [0.3, 0.4) is 0 Å². The molecule has 0 aliphatic heterocycles. The summed E-state index contributed by atoms with van der Waals surface area (Å²) in [6.45, 7) is 4.92. The molecule has 0 spiro atoms. The lowest BCUT2D eigenvalue weighted by Gasteiger charge is -2.14. The Morgan fingerprint density at radius 3 is 2.42 bits per heavy atom. The number of aromatic amines is 1. The first-order valence-electron chi connectivity index (χ1n) is 11.1. The van der Waals surface area contributed by atoms with Crippen molar-refractivity contribution >= 4 is 28.3 Å². The molecule has 0 radical (unpaired) electrons. The molecular formula is C28H22FN5O2. The van der Waals surface area contributed by atoms with E-state index in [2.05, 4.69) is 27.1 Å². The zero-order valence-electron chi connectivity index (χ0n) is 19.4. The topological polar surface area (TPSA) is 106 Å². The van der Waals surface area contributed by atoms with Crippen LogP contribution >= 0.6 is 0 Å². The summed E-state index contributed by atoms with van der Waals surface area (Å²) < 4.78 is 19.0. The van der Waals surface area contributed by atoms with E-state index in [-0.39, 0.29) is 0 Å². The average molecular weight is 480 g/mol. The summed E-state index contributed by atoms with van der Waals surface area (Å²) >= 11 is 0. The third-order valence-corrected chi connectivity index (χ3v) is 5.69. The van der Waals surface area contributed by atoms with Crippen LogP contribution in [0, 0.1) is 6.92 Å². The molecule has 3 aromatic carbocycles. The van der Waals surface area contributed by atoms with E-state index in [1.54, 1.807) is 18.2 Å². The molecule has 36 heavy (non-hydrogen) atoms. The fraction of sp³-hybridized carbons (Fsp3) is 0.0357. The van der Waals surface area contributed by atoms with Gasteiger partial charge in [-0.3, -0.25) is 9.89 Å². The SMILES string of the molecule is C=C(F)C(=O)Nc1ccc(-c2ccc3[nH]nc(N)c3c2-c2ccc(Oc3cccc(C)n3)cc2)cc1. The van der Waals surface area contributed by atoms with Gasteiger partial charge in [0.15, 0.2) is 11.6 Å². The number of aryl methyl sites for hydroxylation is 1. The number of nitrogens with two attached hydrogens (primary N) is 1. The zero-order chi connectivity index (χ0) is 25.2. The van der Waals surface area contributed by atoms with Crippen LogP contribution in [0.4, 0.5) is 15.9 Å². The van der Waals surface area contributed by atoms with Gasteiger partial charge in [-0.05, 0) is 60.0 Å². The highest BCUT2D eigenvalue weighted by Gasteiger charge is 2.17. The van der Waals surface area contributed by atoms with Gasteiger partial charge in [0.25, 0.3) is 5.91 Å². The Morgan fingerprint density at radius 2 is 1.72 bits per heavy atom. The van der Waals surface area contributed by atoms with Crippen LogP contribution in [-0.4, -0.2) is 21.1 Å². The van der Waals surface area contributed by atoms with Crippen molar-refractivity contribution in [2.24, 2.45) is 0 Å². The Labute approximate surface area is 206 Å². The van der Waals surface area contributed by atoms with E-state index in [0.29, 0.717) is 23.1 Å². The van der Waals surface area contributed by atoms with Gasteiger partial charge in [-0.25, -0.2) is 9.37 Å². The van der Waals surface area contributed by atoms with Crippen molar-refractivity contribution < 1.29 is 13.9 Å². The van der Waals surface area contributed by atoms with Crippen LogP contribution in [0.25, 0.3) is 33.2 Å². The molecule has 178 valence electrons. The van der Waals surface area contributed by atoms with Gasteiger partial charge in [0.05, 0.1) is 10.9 Å². The summed E-state index contributed by atoms with van der Waals surface area (Å²) in [7, 11) is 0. The molecule has 2 aromatic heterocycles. The lowest BCUT2D eigenvalue weighted by Crippen LogP contribution is -2.10. The van der Waals surface area contributed by atoms with Crippen molar-refractivity contribution in [2.45, 2.75) is 6.92 Å². The minimum absolute atomic E-state index is 0.386. The number of pyridine rings is 1. The van der Waals surface area contributed by atoms with Crippen LogP contribution in [0.15, 0.2) is 91.3 Å². The predicted octanol–water partition coefficient (Wildman–Crippen LogP) is 6.40. The average Bonchev–Trinajstić information content (AvgIpc) is 3.25.